The molecule has 1 atom stereocenters. The SMILES string of the molecule is CCCNC(c1csc(C)c1)c1ccccc1OC. The maximum Gasteiger partial charge on any atom is 0.123 e. The van der Waals surface area contributed by atoms with Crippen molar-refractivity contribution in [2.24, 2.45) is 0 Å². The molecule has 0 amide bonds. The van der Waals surface area contributed by atoms with Crippen LogP contribution < -0.4 is 10.1 Å². The molecule has 0 saturated heterocycles. The number of rotatable bonds is 6. The maximum atomic E-state index is 5.50. The van der Waals surface area contributed by atoms with Crippen LogP contribution in [0.1, 0.15) is 35.4 Å². The van der Waals surface area contributed by atoms with E-state index in [0.717, 1.165) is 18.7 Å². The van der Waals surface area contributed by atoms with Crippen molar-refractivity contribution in [2.45, 2.75) is 26.3 Å². The van der Waals surface area contributed by atoms with Crippen LogP contribution in [0.4, 0.5) is 0 Å². The first-order valence-corrected chi connectivity index (χ1v) is 7.55. The minimum atomic E-state index is 0.209. The van der Waals surface area contributed by atoms with Gasteiger partial charge in [-0.05, 0) is 43.0 Å². The summed E-state index contributed by atoms with van der Waals surface area (Å²) in [5.41, 5.74) is 2.52. The summed E-state index contributed by atoms with van der Waals surface area (Å²) >= 11 is 1.79. The number of methoxy groups -OCH3 is 1. The summed E-state index contributed by atoms with van der Waals surface area (Å²) in [6.45, 7) is 5.33. The zero-order valence-electron chi connectivity index (χ0n) is 11.8. The third-order valence-corrected chi connectivity index (χ3v) is 4.01. The van der Waals surface area contributed by atoms with E-state index < -0.39 is 0 Å². The monoisotopic (exact) mass is 275 g/mol. The summed E-state index contributed by atoms with van der Waals surface area (Å²) in [6, 6.07) is 10.7. The molecule has 102 valence electrons. The number of nitrogens with one attached hydrogen (secondary N) is 1. The molecule has 1 aromatic heterocycles. The van der Waals surface area contributed by atoms with Gasteiger partial charge in [-0.15, -0.1) is 11.3 Å². The minimum Gasteiger partial charge on any atom is -0.496 e. The highest BCUT2D eigenvalue weighted by Crippen LogP contribution is 2.32. The standard InChI is InChI=1S/C16H21NOS/c1-4-9-17-16(13-10-12(2)19-11-13)14-7-5-6-8-15(14)18-3/h5-8,10-11,16-17H,4,9H2,1-3H3. The first-order chi connectivity index (χ1) is 9.26. The number of hydrogen-bond donors (Lipinski definition) is 1. The van der Waals surface area contributed by atoms with Crippen LogP contribution in [0.15, 0.2) is 35.7 Å². The van der Waals surface area contributed by atoms with Crippen molar-refractivity contribution in [1.29, 1.82) is 0 Å². The molecular formula is C16H21NOS. The van der Waals surface area contributed by atoms with Gasteiger partial charge in [0.05, 0.1) is 13.2 Å². The molecule has 0 spiro atoms. The Morgan fingerprint density at radius 1 is 1.32 bits per heavy atom. The molecule has 0 saturated carbocycles. The molecule has 2 aromatic rings. The number of ether oxygens (including phenoxy) is 1. The lowest BCUT2D eigenvalue weighted by molar-refractivity contribution is 0.404. The van der Waals surface area contributed by atoms with E-state index in [0.29, 0.717) is 0 Å². The Morgan fingerprint density at radius 2 is 2.11 bits per heavy atom. The highest BCUT2D eigenvalue weighted by atomic mass is 32.1. The highest BCUT2D eigenvalue weighted by molar-refractivity contribution is 7.10. The molecule has 2 rings (SSSR count). The predicted molar refractivity (Wildman–Crippen MR) is 82.2 cm³/mol. The summed E-state index contributed by atoms with van der Waals surface area (Å²) in [5, 5.41) is 5.85. The van der Waals surface area contributed by atoms with Crippen LogP contribution in [-0.4, -0.2) is 13.7 Å². The Morgan fingerprint density at radius 3 is 2.74 bits per heavy atom. The molecular weight excluding hydrogens is 254 g/mol. The second kappa shape index (κ2) is 6.73. The summed E-state index contributed by atoms with van der Waals surface area (Å²) in [7, 11) is 1.73. The summed E-state index contributed by atoms with van der Waals surface area (Å²) in [4.78, 5) is 1.34. The van der Waals surface area contributed by atoms with E-state index >= 15 is 0 Å². The van der Waals surface area contributed by atoms with E-state index in [2.05, 4.69) is 42.7 Å². The van der Waals surface area contributed by atoms with Crippen molar-refractivity contribution in [3.8, 4) is 5.75 Å². The molecule has 3 heteroatoms. The Kier molecular flexibility index (Phi) is 5.00. The van der Waals surface area contributed by atoms with Gasteiger partial charge in [0.1, 0.15) is 5.75 Å². The Hall–Kier alpha value is -1.32. The summed E-state index contributed by atoms with van der Waals surface area (Å²) in [5.74, 6) is 0.944. The molecule has 1 N–H and O–H groups in total. The van der Waals surface area contributed by atoms with E-state index in [1.54, 1.807) is 18.4 Å². The number of para-hydroxylation sites is 1. The van der Waals surface area contributed by atoms with Gasteiger partial charge in [0.15, 0.2) is 0 Å². The third kappa shape index (κ3) is 3.37. The number of benzene rings is 1. The van der Waals surface area contributed by atoms with E-state index in [9.17, 15) is 0 Å². The smallest absolute Gasteiger partial charge is 0.123 e. The van der Waals surface area contributed by atoms with Gasteiger partial charge in [-0.2, -0.15) is 0 Å². The van der Waals surface area contributed by atoms with Crippen LogP contribution in [-0.2, 0) is 0 Å². The van der Waals surface area contributed by atoms with Gasteiger partial charge >= 0.3 is 0 Å². The molecule has 19 heavy (non-hydrogen) atoms. The van der Waals surface area contributed by atoms with Gasteiger partial charge in [0.25, 0.3) is 0 Å². The van der Waals surface area contributed by atoms with Gasteiger partial charge in [-0.25, -0.2) is 0 Å². The topological polar surface area (TPSA) is 21.3 Å². The van der Waals surface area contributed by atoms with Crippen molar-refractivity contribution >= 4 is 11.3 Å². The normalized spacial score (nSPS) is 12.4. The zero-order chi connectivity index (χ0) is 13.7. The van der Waals surface area contributed by atoms with E-state index in [4.69, 9.17) is 4.74 Å². The first kappa shape index (κ1) is 14.1. The van der Waals surface area contributed by atoms with Crippen LogP contribution in [0.3, 0.4) is 0 Å². The van der Waals surface area contributed by atoms with E-state index in [1.165, 1.54) is 16.0 Å². The molecule has 0 aliphatic heterocycles. The Balaban J connectivity index is 2.36. The first-order valence-electron chi connectivity index (χ1n) is 6.67. The molecule has 0 fully saturated rings. The molecule has 0 aliphatic rings. The molecule has 1 aromatic carbocycles. The second-order valence-electron chi connectivity index (χ2n) is 4.62. The number of aryl methyl sites for hydroxylation is 1. The second-order valence-corrected chi connectivity index (χ2v) is 5.74. The lowest BCUT2D eigenvalue weighted by atomic mass is 9.99. The van der Waals surface area contributed by atoms with Gasteiger partial charge in [-0.3, -0.25) is 0 Å². The lowest BCUT2D eigenvalue weighted by Gasteiger charge is -2.20. The van der Waals surface area contributed by atoms with Crippen molar-refractivity contribution in [3.63, 3.8) is 0 Å². The molecule has 0 bridgehead atoms. The van der Waals surface area contributed by atoms with Crippen molar-refractivity contribution in [3.05, 3.63) is 51.7 Å². The number of thiophene rings is 1. The average molecular weight is 275 g/mol. The van der Waals surface area contributed by atoms with Crippen LogP contribution >= 0.6 is 11.3 Å². The molecule has 1 unspecified atom stereocenters. The van der Waals surface area contributed by atoms with Crippen molar-refractivity contribution < 1.29 is 4.74 Å². The highest BCUT2D eigenvalue weighted by Gasteiger charge is 2.18. The molecule has 1 heterocycles. The average Bonchev–Trinajstić information content (AvgIpc) is 2.86. The molecule has 0 radical (unpaired) electrons. The van der Waals surface area contributed by atoms with Gasteiger partial charge < -0.3 is 10.1 Å². The van der Waals surface area contributed by atoms with Crippen LogP contribution in [0.2, 0.25) is 0 Å². The largest absolute Gasteiger partial charge is 0.496 e. The van der Waals surface area contributed by atoms with Crippen LogP contribution in [0.25, 0.3) is 0 Å². The van der Waals surface area contributed by atoms with Crippen LogP contribution in [0, 0.1) is 6.92 Å². The fourth-order valence-electron chi connectivity index (χ4n) is 2.22. The van der Waals surface area contributed by atoms with Gasteiger partial charge in [0, 0.05) is 10.4 Å². The fraction of sp³-hybridized carbons (Fsp3) is 0.375. The summed E-state index contributed by atoms with van der Waals surface area (Å²) in [6.07, 6.45) is 1.12. The lowest BCUT2D eigenvalue weighted by Crippen LogP contribution is -2.23. The maximum absolute atomic E-state index is 5.50. The molecule has 0 aliphatic carbocycles. The van der Waals surface area contributed by atoms with Crippen molar-refractivity contribution in [1.82, 2.24) is 5.32 Å². The predicted octanol–water partition coefficient (Wildman–Crippen LogP) is 4.15. The van der Waals surface area contributed by atoms with Gasteiger partial charge in [-0.1, -0.05) is 25.1 Å². The molecule has 2 nitrogen and oxygen atoms in total. The quantitative estimate of drug-likeness (QED) is 0.855. The summed E-state index contributed by atoms with van der Waals surface area (Å²) < 4.78 is 5.50. The Bertz CT molecular complexity index is 521. The van der Waals surface area contributed by atoms with E-state index in [1.807, 2.05) is 12.1 Å². The van der Waals surface area contributed by atoms with Gasteiger partial charge in [0.2, 0.25) is 0 Å². The third-order valence-electron chi connectivity index (χ3n) is 3.13. The minimum absolute atomic E-state index is 0.209. The zero-order valence-corrected chi connectivity index (χ0v) is 12.6. The van der Waals surface area contributed by atoms with Crippen molar-refractivity contribution in [2.75, 3.05) is 13.7 Å². The van der Waals surface area contributed by atoms with Crippen LogP contribution in [0.5, 0.6) is 5.75 Å². The Labute approximate surface area is 119 Å². The van der Waals surface area contributed by atoms with E-state index in [-0.39, 0.29) is 6.04 Å². The fourth-order valence-corrected chi connectivity index (χ4v) is 2.95. The number of hydrogen-bond acceptors (Lipinski definition) is 3.